The van der Waals surface area contributed by atoms with Crippen molar-refractivity contribution in [2.24, 2.45) is 0 Å². The minimum absolute atomic E-state index is 0. The van der Waals surface area contributed by atoms with Gasteiger partial charge in [-0.25, -0.2) is 0 Å². The number of nitrogens with zero attached hydrogens (tertiary/aromatic N) is 1. The maximum absolute atomic E-state index is 5.34. The van der Waals surface area contributed by atoms with Gasteiger partial charge in [0.05, 0.1) is 0 Å². The van der Waals surface area contributed by atoms with Crippen molar-refractivity contribution in [1.29, 1.82) is 0 Å². The third-order valence-corrected chi connectivity index (χ3v) is 3.48. The van der Waals surface area contributed by atoms with E-state index in [9.17, 15) is 0 Å². The minimum Gasteiger partial charge on any atom is -0.418 e. The van der Waals surface area contributed by atoms with Gasteiger partial charge in [0.25, 0.3) is 0 Å². The predicted octanol–water partition coefficient (Wildman–Crippen LogP) is 3.25. The first-order valence-electron chi connectivity index (χ1n) is 4.60. The smallest absolute Gasteiger partial charge is 0.418 e. The van der Waals surface area contributed by atoms with Crippen molar-refractivity contribution in [3.05, 3.63) is 11.8 Å². The van der Waals surface area contributed by atoms with Crippen molar-refractivity contribution in [3.63, 3.8) is 0 Å². The van der Waals surface area contributed by atoms with Crippen molar-refractivity contribution in [2.75, 3.05) is 7.05 Å². The molecule has 1 radical (unpaired) electrons. The summed E-state index contributed by atoms with van der Waals surface area (Å²) in [4.78, 5) is 3.11. The maximum atomic E-state index is 5.34. The summed E-state index contributed by atoms with van der Waals surface area (Å²) >= 11 is 5.34. The molecule has 0 amide bonds. The molecule has 81 valence electrons. The number of hydrogen-bond donors (Lipinski definition) is 0. The van der Waals surface area contributed by atoms with Crippen LogP contribution < -0.4 is 0 Å². The van der Waals surface area contributed by atoms with Crippen LogP contribution >= 0.6 is 12.2 Å². The zero-order chi connectivity index (χ0) is 10.8. The molecule has 0 spiro atoms. The third kappa shape index (κ3) is 3.84. The molecule has 0 fully saturated rings. The SMILES string of the molecule is C[C-](C)C(=S)N(C)C(C)(C)[C-](C)C.[V+2]. The van der Waals surface area contributed by atoms with Gasteiger partial charge < -0.3 is 10.8 Å². The van der Waals surface area contributed by atoms with Crippen LogP contribution in [-0.2, 0) is 18.6 Å². The molecule has 0 aliphatic rings. The second-order valence-corrected chi connectivity index (χ2v) is 4.81. The molecule has 3 heteroatoms. The zero-order valence-corrected chi connectivity index (χ0v) is 12.5. The molecule has 0 N–H and O–H groups in total. The summed E-state index contributed by atoms with van der Waals surface area (Å²) in [7, 11) is 2.06. The molecule has 1 nitrogen and oxygen atoms in total. The Morgan fingerprint density at radius 1 is 1.14 bits per heavy atom. The van der Waals surface area contributed by atoms with Crippen LogP contribution in [0.25, 0.3) is 0 Å². The standard InChI is InChI=1S/C11H21NS.V/c1-8(2)10(13)12(7)11(5,6)9(3)4;/h1-7H3;/q-2;+2. The summed E-state index contributed by atoms with van der Waals surface area (Å²) in [6.45, 7) is 12.8. The first kappa shape index (κ1) is 16.8. The van der Waals surface area contributed by atoms with Crippen LogP contribution in [0.15, 0.2) is 0 Å². The van der Waals surface area contributed by atoms with E-state index in [4.69, 9.17) is 12.2 Å². The van der Waals surface area contributed by atoms with Crippen LogP contribution in [-0.4, -0.2) is 22.5 Å². The van der Waals surface area contributed by atoms with Crippen LogP contribution in [0.1, 0.15) is 41.5 Å². The molecule has 0 aromatic heterocycles. The molecule has 0 aliphatic heterocycles. The van der Waals surface area contributed by atoms with Gasteiger partial charge in [0.1, 0.15) is 0 Å². The molecule has 0 bridgehead atoms. The summed E-state index contributed by atoms with van der Waals surface area (Å²) in [5.74, 6) is 2.57. The maximum Gasteiger partial charge on any atom is 2.00 e. The minimum atomic E-state index is 0. The average Bonchev–Trinajstić information content (AvgIpc) is 2.01. The fraction of sp³-hybridized carbons (Fsp3) is 0.727. The van der Waals surface area contributed by atoms with Crippen LogP contribution in [0.4, 0.5) is 0 Å². The summed E-state index contributed by atoms with van der Waals surface area (Å²) in [5, 5.41) is 0. The normalized spacial score (nSPS) is 10.9. The van der Waals surface area contributed by atoms with Gasteiger partial charge in [-0.15, -0.1) is 12.2 Å². The second-order valence-electron chi connectivity index (χ2n) is 4.42. The molecule has 0 atom stereocenters. The Kier molecular flexibility index (Phi) is 7.24. The van der Waals surface area contributed by atoms with Crippen molar-refractivity contribution in [2.45, 2.75) is 47.1 Å². The molecular formula is C11H21NSV. The van der Waals surface area contributed by atoms with Gasteiger partial charge in [-0.05, 0) is 0 Å². The van der Waals surface area contributed by atoms with Crippen LogP contribution in [0.2, 0.25) is 0 Å². The molecule has 14 heavy (non-hydrogen) atoms. The van der Waals surface area contributed by atoms with Gasteiger partial charge in [0.2, 0.25) is 0 Å². The fourth-order valence-electron chi connectivity index (χ4n) is 0.925. The number of hydrogen-bond acceptors (Lipinski definition) is 1. The monoisotopic (exact) mass is 250 g/mol. The number of thiocarbonyl (C=S) groups is 1. The first-order chi connectivity index (χ1) is 5.71. The van der Waals surface area contributed by atoms with E-state index in [0.29, 0.717) is 0 Å². The molecule has 0 saturated heterocycles. The zero-order valence-electron chi connectivity index (χ0n) is 10.3. The predicted molar refractivity (Wildman–Crippen MR) is 63.6 cm³/mol. The van der Waals surface area contributed by atoms with Crippen molar-refractivity contribution in [1.82, 2.24) is 4.90 Å². The van der Waals surface area contributed by atoms with E-state index >= 15 is 0 Å². The first-order valence-corrected chi connectivity index (χ1v) is 5.01. The van der Waals surface area contributed by atoms with Gasteiger partial charge in [-0.3, -0.25) is 5.92 Å². The van der Waals surface area contributed by atoms with Gasteiger partial charge in [-0.2, -0.15) is 27.7 Å². The van der Waals surface area contributed by atoms with Crippen LogP contribution in [0.5, 0.6) is 0 Å². The van der Waals surface area contributed by atoms with Gasteiger partial charge in [-0.1, -0.05) is 24.4 Å². The van der Waals surface area contributed by atoms with Crippen LogP contribution in [0, 0.1) is 11.8 Å². The molecule has 0 saturated carbocycles. The van der Waals surface area contributed by atoms with Crippen LogP contribution in [0.3, 0.4) is 0 Å². The number of rotatable bonds is 3. The summed E-state index contributed by atoms with van der Waals surface area (Å²) in [5.41, 5.74) is 0.0500. The average molecular weight is 250 g/mol. The quantitative estimate of drug-likeness (QED) is 0.559. The Balaban J connectivity index is 0. The molecule has 0 unspecified atom stereocenters. The largest absolute Gasteiger partial charge is 2.00 e. The molecule has 0 aromatic carbocycles. The second kappa shape index (κ2) is 6.04. The topological polar surface area (TPSA) is 3.24 Å². The summed E-state index contributed by atoms with van der Waals surface area (Å²) < 4.78 is 0. The van der Waals surface area contributed by atoms with E-state index in [2.05, 4.69) is 53.5 Å². The van der Waals surface area contributed by atoms with Gasteiger partial charge in [0.15, 0.2) is 0 Å². The Labute approximate surface area is 107 Å². The fourth-order valence-corrected chi connectivity index (χ4v) is 1.15. The molecular weight excluding hydrogens is 229 g/mol. The van der Waals surface area contributed by atoms with Gasteiger partial charge >= 0.3 is 18.6 Å². The molecule has 0 heterocycles. The Hall–Kier alpha value is 0.344. The molecule has 0 aromatic rings. The van der Waals surface area contributed by atoms with E-state index < -0.39 is 0 Å². The summed E-state index contributed by atoms with van der Waals surface area (Å²) in [6.07, 6.45) is 0. The van der Waals surface area contributed by atoms with E-state index in [1.807, 2.05) is 0 Å². The summed E-state index contributed by atoms with van der Waals surface area (Å²) in [6, 6.07) is 0. The van der Waals surface area contributed by atoms with E-state index in [1.54, 1.807) is 0 Å². The van der Waals surface area contributed by atoms with E-state index in [-0.39, 0.29) is 24.1 Å². The Morgan fingerprint density at radius 2 is 1.50 bits per heavy atom. The molecule has 0 aliphatic carbocycles. The molecule has 0 rings (SSSR count). The van der Waals surface area contributed by atoms with Crippen molar-refractivity contribution >= 4 is 17.2 Å². The van der Waals surface area contributed by atoms with Crippen molar-refractivity contribution in [3.8, 4) is 0 Å². The third-order valence-electron chi connectivity index (χ3n) is 2.79. The van der Waals surface area contributed by atoms with E-state index in [1.165, 1.54) is 11.8 Å². The Morgan fingerprint density at radius 3 is 1.71 bits per heavy atom. The van der Waals surface area contributed by atoms with Gasteiger partial charge in [0, 0.05) is 7.05 Å². The van der Waals surface area contributed by atoms with Crippen molar-refractivity contribution < 1.29 is 18.6 Å². The Bertz CT molecular complexity index is 188. The van der Waals surface area contributed by atoms with E-state index in [0.717, 1.165) is 4.99 Å².